The van der Waals surface area contributed by atoms with Crippen LogP contribution in [0.4, 0.5) is 10.5 Å². The molecule has 2 aromatic heterocycles. The molecule has 0 saturated heterocycles. The van der Waals surface area contributed by atoms with Crippen LogP contribution in [0, 0.1) is 13.8 Å². The lowest BCUT2D eigenvalue weighted by Crippen LogP contribution is -2.48. The topological polar surface area (TPSA) is 67.3 Å². The number of aromatic nitrogens is 2. The number of ether oxygens (including phenoxy) is 1. The Morgan fingerprint density at radius 3 is 2.47 bits per heavy atom. The number of hydrogen-bond acceptors (Lipinski definition) is 4. The highest BCUT2D eigenvalue weighted by molar-refractivity contribution is 5.92. The molecule has 0 fully saturated rings. The van der Waals surface area contributed by atoms with Gasteiger partial charge >= 0.3 is 6.03 Å². The monoisotopic (exact) mass is 404 g/mol. The maximum absolute atomic E-state index is 12.9. The first-order valence-corrected chi connectivity index (χ1v) is 9.92. The normalized spacial score (nSPS) is 11.1. The highest BCUT2D eigenvalue weighted by atomic mass is 16.5. The number of carbonyl (C=O) groups is 1. The molecule has 3 aromatic rings. The first-order valence-electron chi connectivity index (χ1n) is 9.92. The second kappa shape index (κ2) is 8.95. The molecule has 30 heavy (non-hydrogen) atoms. The van der Waals surface area contributed by atoms with Crippen LogP contribution >= 0.6 is 0 Å². The van der Waals surface area contributed by atoms with Gasteiger partial charge in [-0.3, -0.25) is 9.88 Å². The van der Waals surface area contributed by atoms with Crippen LogP contribution in [0.1, 0.15) is 37.6 Å². The maximum Gasteiger partial charge on any atom is 0.322 e. The number of benzene rings is 1. The summed E-state index contributed by atoms with van der Waals surface area (Å²) in [7, 11) is 0. The Balaban J connectivity index is 1.83. The molecule has 0 spiro atoms. The van der Waals surface area contributed by atoms with Gasteiger partial charge in [0, 0.05) is 17.8 Å². The first kappa shape index (κ1) is 21.3. The molecule has 2 heterocycles. The molecule has 1 N–H and O–H groups in total. The molecule has 1 aromatic carbocycles. The van der Waals surface area contributed by atoms with E-state index in [2.05, 4.69) is 21.4 Å². The SMILES string of the molecule is Cc1ccc(Oc2ccc(N(Cc3ccccn3)C(=O)NC(C)(C)C)cn2)c(C)c1. The summed E-state index contributed by atoms with van der Waals surface area (Å²) in [5, 5.41) is 3.01. The van der Waals surface area contributed by atoms with Crippen molar-refractivity contribution in [2.75, 3.05) is 4.90 Å². The van der Waals surface area contributed by atoms with Crippen molar-refractivity contribution in [1.29, 1.82) is 0 Å². The van der Waals surface area contributed by atoms with E-state index in [4.69, 9.17) is 4.74 Å². The number of amides is 2. The van der Waals surface area contributed by atoms with E-state index in [1.807, 2.05) is 71.0 Å². The molecule has 6 heteroatoms. The summed E-state index contributed by atoms with van der Waals surface area (Å²) >= 11 is 0. The summed E-state index contributed by atoms with van der Waals surface area (Å²) in [4.78, 5) is 23.3. The van der Waals surface area contributed by atoms with E-state index in [0.29, 0.717) is 18.1 Å². The molecule has 6 nitrogen and oxygen atoms in total. The summed E-state index contributed by atoms with van der Waals surface area (Å²) in [6.07, 6.45) is 3.36. The zero-order valence-corrected chi connectivity index (χ0v) is 18.1. The van der Waals surface area contributed by atoms with E-state index in [9.17, 15) is 4.79 Å². The van der Waals surface area contributed by atoms with Crippen LogP contribution in [0.15, 0.2) is 60.9 Å². The Morgan fingerprint density at radius 2 is 1.87 bits per heavy atom. The van der Waals surface area contributed by atoms with Gasteiger partial charge in [0.1, 0.15) is 5.75 Å². The Bertz CT molecular complexity index is 996. The second-order valence-corrected chi connectivity index (χ2v) is 8.31. The van der Waals surface area contributed by atoms with Gasteiger partial charge in [0.15, 0.2) is 0 Å². The van der Waals surface area contributed by atoms with Crippen LogP contribution in [0.3, 0.4) is 0 Å². The highest BCUT2D eigenvalue weighted by Gasteiger charge is 2.22. The fraction of sp³-hybridized carbons (Fsp3) is 0.292. The van der Waals surface area contributed by atoms with Gasteiger partial charge in [-0.25, -0.2) is 9.78 Å². The third kappa shape index (κ3) is 5.80. The number of nitrogens with zero attached hydrogens (tertiary/aromatic N) is 3. The first-order chi connectivity index (χ1) is 14.2. The van der Waals surface area contributed by atoms with E-state index in [-0.39, 0.29) is 11.6 Å². The van der Waals surface area contributed by atoms with E-state index in [1.165, 1.54) is 5.56 Å². The van der Waals surface area contributed by atoms with Gasteiger partial charge in [0.25, 0.3) is 0 Å². The number of carbonyl (C=O) groups excluding carboxylic acids is 1. The minimum absolute atomic E-state index is 0.210. The standard InChI is InChI=1S/C24H28N4O2/c1-17-9-11-21(18(2)14-17)30-22-12-10-20(15-26-22)28(23(29)27-24(3,4)5)16-19-8-6-7-13-25-19/h6-15H,16H2,1-5H3,(H,27,29). The smallest absolute Gasteiger partial charge is 0.322 e. The molecule has 2 amide bonds. The quantitative estimate of drug-likeness (QED) is 0.618. The summed E-state index contributed by atoms with van der Waals surface area (Å²) in [5.41, 5.74) is 3.31. The minimum Gasteiger partial charge on any atom is -0.439 e. The van der Waals surface area contributed by atoms with Crippen LogP contribution in [0.2, 0.25) is 0 Å². The van der Waals surface area contributed by atoms with Crippen LogP contribution in [0.5, 0.6) is 11.6 Å². The fourth-order valence-electron chi connectivity index (χ4n) is 2.94. The minimum atomic E-state index is -0.362. The van der Waals surface area contributed by atoms with Crippen LogP contribution in [0.25, 0.3) is 0 Å². The predicted molar refractivity (Wildman–Crippen MR) is 119 cm³/mol. The molecule has 0 bridgehead atoms. The fourth-order valence-corrected chi connectivity index (χ4v) is 2.94. The van der Waals surface area contributed by atoms with Gasteiger partial charge in [0.2, 0.25) is 5.88 Å². The Morgan fingerprint density at radius 1 is 1.07 bits per heavy atom. The molecule has 0 aliphatic heterocycles. The Labute approximate surface area is 177 Å². The van der Waals surface area contributed by atoms with Crippen molar-refractivity contribution in [3.05, 3.63) is 77.7 Å². The molecular formula is C24H28N4O2. The number of aryl methyl sites for hydroxylation is 2. The third-order valence-corrected chi connectivity index (χ3v) is 4.35. The molecular weight excluding hydrogens is 376 g/mol. The summed E-state index contributed by atoms with van der Waals surface area (Å²) in [6.45, 7) is 10.2. The Hall–Kier alpha value is -3.41. The second-order valence-electron chi connectivity index (χ2n) is 8.31. The van der Waals surface area contributed by atoms with Gasteiger partial charge in [-0.1, -0.05) is 23.8 Å². The average Bonchev–Trinajstić information content (AvgIpc) is 2.68. The van der Waals surface area contributed by atoms with Gasteiger partial charge in [-0.05, 0) is 64.4 Å². The largest absolute Gasteiger partial charge is 0.439 e. The number of pyridine rings is 2. The molecule has 0 radical (unpaired) electrons. The summed E-state index contributed by atoms with van der Waals surface area (Å²) < 4.78 is 5.92. The van der Waals surface area contributed by atoms with Crippen molar-refractivity contribution in [3.63, 3.8) is 0 Å². The van der Waals surface area contributed by atoms with Crippen LogP contribution in [-0.2, 0) is 6.54 Å². The van der Waals surface area contributed by atoms with Crippen molar-refractivity contribution < 1.29 is 9.53 Å². The number of hydrogen-bond donors (Lipinski definition) is 1. The number of urea groups is 1. The van der Waals surface area contributed by atoms with Crippen molar-refractivity contribution in [3.8, 4) is 11.6 Å². The molecule has 0 aliphatic rings. The van der Waals surface area contributed by atoms with Crippen LogP contribution < -0.4 is 15.0 Å². The van der Waals surface area contributed by atoms with Gasteiger partial charge in [-0.15, -0.1) is 0 Å². The van der Waals surface area contributed by atoms with E-state index in [0.717, 1.165) is 17.0 Å². The number of nitrogens with one attached hydrogen (secondary N) is 1. The molecule has 3 rings (SSSR count). The molecule has 156 valence electrons. The summed E-state index contributed by atoms with van der Waals surface area (Å²) in [6, 6.07) is 15.0. The Kier molecular flexibility index (Phi) is 6.35. The van der Waals surface area contributed by atoms with Crippen molar-refractivity contribution >= 4 is 11.7 Å². The van der Waals surface area contributed by atoms with Crippen molar-refractivity contribution in [2.24, 2.45) is 0 Å². The van der Waals surface area contributed by atoms with Gasteiger partial charge < -0.3 is 10.1 Å². The molecule has 0 atom stereocenters. The number of anilines is 1. The number of rotatable bonds is 5. The summed E-state index contributed by atoms with van der Waals surface area (Å²) in [5.74, 6) is 1.23. The zero-order valence-electron chi connectivity index (χ0n) is 18.1. The van der Waals surface area contributed by atoms with Gasteiger partial charge in [0.05, 0.1) is 24.1 Å². The third-order valence-electron chi connectivity index (χ3n) is 4.35. The van der Waals surface area contributed by atoms with Gasteiger partial charge in [-0.2, -0.15) is 0 Å². The zero-order chi connectivity index (χ0) is 21.7. The molecule has 0 unspecified atom stereocenters. The lowest BCUT2D eigenvalue weighted by Gasteiger charge is -2.28. The van der Waals surface area contributed by atoms with Crippen molar-refractivity contribution in [2.45, 2.75) is 46.7 Å². The van der Waals surface area contributed by atoms with Crippen molar-refractivity contribution in [1.82, 2.24) is 15.3 Å². The molecule has 0 aliphatic carbocycles. The lowest BCUT2D eigenvalue weighted by molar-refractivity contribution is 0.237. The van der Waals surface area contributed by atoms with E-state index in [1.54, 1.807) is 23.4 Å². The van der Waals surface area contributed by atoms with E-state index < -0.39 is 0 Å². The van der Waals surface area contributed by atoms with Crippen LogP contribution in [-0.4, -0.2) is 21.5 Å². The maximum atomic E-state index is 12.9. The van der Waals surface area contributed by atoms with E-state index >= 15 is 0 Å². The molecule has 0 saturated carbocycles. The average molecular weight is 405 g/mol. The predicted octanol–water partition coefficient (Wildman–Crippen LogP) is 5.40. The highest BCUT2D eigenvalue weighted by Crippen LogP contribution is 2.26. The lowest BCUT2D eigenvalue weighted by atomic mass is 10.1.